The van der Waals surface area contributed by atoms with E-state index in [9.17, 15) is 4.79 Å². The Morgan fingerprint density at radius 1 is 1.60 bits per heavy atom. The number of halogens is 1. The molecule has 1 unspecified atom stereocenters. The summed E-state index contributed by atoms with van der Waals surface area (Å²) in [4.78, 5) is 13.0. The molecule has 2 rings (SSSR count). The number of carbonyl (C=O) groups is 1. The minimum atomic E-state index is 0.125. The highest BCUT2D eigenvalue weighted by atomic mass is 79.9. The van der Waals surface area contributed by atoms with Crippen LogP contribution in [-0.4, -0.2) is 19.0 Å². The van der Waals surface area contributed by atoms with E-state index in [0.29, 0.717) is 18.8 Å². The number of ketones is 1. The molecule has 0 radical (unpaired) electrons. The average Bonchev–Trinajstić information content (AvgIpc) is 2.65. The predicted molar refractivity (Wildman–Crippen MR) is 64.3 cm³/mol. The van der Waals surface area contributed by atoms with Gasteiger partial charge in [0.1, 0.15) is 5.78 Å². The quantitative estimate of drug-likeness (QED) is 0.855. The van der Waals surface area contributed by atoms with E-state index in [1.807, 2.05) is 12.1 Å². The zero-order valence-electron chi connectivity index (χ0n) is 8.37. The Morgan fingerprint density at radius 3 is 3.07 bits per heavy atom. The molecular formula is C11H13BrO2S. The highest BCUT2D eigenvalue weighted by Crippen LogP contribution is 2.24. The summed E-state index contributed by atoms with van der Waals surface area (Å²) in [6.45, 7) is 1.43. The molecule has 1 atom stereocenters. The van der Waals surface area contributed by atoms with Crippen molar-refractivity contribution in [2.24, 2.45) is 5.92 Å². The van der Waals surface area contributed by atoms with Crippen LogP contribution in [0, 0.1) is 5.92 Å². The smallest absolute Gasteiger partial charge is 0.143 e. The summed E-state index contributed by atoms with van der Waals surface area (Å²) in [6, 6.07) is 4.00. The first-order chi connectivity index (χ1) is 7.25. The molecule has 0 spiro atoms. The van der Waals surface area contributed by atoms with Gasteiger partial charge in [-0.3, -0.25) is 4.79 Å². The maximum Gasteiger partial charge on any atom is 0.143 e. The van der Waals surface area contributed by atoms with Gasteiger partial charge in [-0.25, -0.2) is 0 Å². The Balaban J connectivity index is 1.91. The molecule has 0 amide bonds. The van der Waals surface area contributed by atoms with Crippen LogP contribution in [-0.2, 0) is 16.0 Å². The van der Waals surface area contributed by atoms with Crippen LogP contribution in [0.5, 0.6) is 0 Å². The van der Waals surface area contributed by atoms with Crippen molar-refractivity contribution in [2.75, 3.05) is 13.2 Å². The predicted octanol–water partition coefficient (Wildman–Crippen LogP) is 3.05. The van der Waals surface area contributed by atoms with Crippen LogP contribution in [0.3, 0.4) is 0 Å². The third-order valence-electron chi connectivity index (χ3n) is 2.59. The summed E-state index contributed by atoms with van der Waals surface area (Å²) in [5.74, 6) is 0.448. The van der Waals surface area contributed by atoms with Crippen molar-refractivity contribution in [3.63, 3.8) is 0 Å². The molecule has 1 aliphatic heterocycles. The van der Waals surface area contributed by atoms with Crippen molar-refractivity contribution < 1.29 is 9.53 Å². The van der Waals surface area contributed by atoms with Gasteiger partial charge in [0.2, 0.25) is 0 Å². The molecule has 0 saturated carbocycles. The maximum atomic E-state index is 11.9. The Hall–Kier alpha value is -0.190. The topological polar surface area (TPSA) is 26.3 Å². The Morgan fingerprint density at radius 2 is 2.47 bits per heavy atom. The maximum absolute atomic E-state index is 11.9. The molecule has 15 heavy (non-hydrogen) atoms. The third kappa shape index (κ3) is 3.13. The number of rotatable bonds is 3. The lowest BCUT2D eigenvalue weighted by Gasteiger charge is -2.20. The van der Waals surface area contributed by atoms with Crippen LogP contribution in [0.2, 0.25) is 0 Å². The lowest BCUT2D eigenvalue weighted by atomic mass is 9.95. The molecule has 1 aromatic rings. The molecule has 1 fully saturated rings. The van der Waals surface area contributed by atoms with E-state index in [2.05, 4.69) is 15.9 Å². The van der Waals surface area contributed by atoms with Gasteiger partial charge >= 0.3 is 0 Å². The largest absolute Gasteiger partial charge is 0.381 e. The van der Waals surface area contributed by atoms with Crippen molar-refractivity contribution in [2.45, 2.75) is 19.3 Å². The molecule has 2 heterocycles. The standard InChI is InChI=1S/C11H13BrO2S/c12-11-4-3-9(15-11)6-10(13)8-2-1-5-14-7-8/h3-4,8H,1-2,5-7H2. The fourth-order valence-electron chi connectivity index (χ4n) is 1.76. The SMILES string of the molecule is O=C(Cc1ccc(Br)s1)C1CCCOC1. The summed E-state index contributed by atoms with van der Waals surface area (Å²) in [7, 11) is 0. The molecule has 0 bridgehead atoms. The van der Waals surface area contributed by atoms with Gasteiger partial charge in [0, 0.05) is 23.8 Å². The van der Waals surface area contributed by atoms with Crippen LogP contribution in [0.15, 0.2) is 15.9 Å². The van der Waals surface area contributed by atoms with Crippen LogP contribution >= 0.6 is 27.3 Å². The van der Waals surface area contributed by atoms with Gasteiger partial charge in [-0.05, 0) is 40.9 Å². The summed E-state index contributed by atoms with van der Waals surface area (Å²) < 4.78 is 6.41. The van der Waals surface area contributed by atoms with Crippen LogP contribution in [0.25, 0.3) is 0 Å². The molecule has 2 nitrogen and oxygen atoms in total. The molecule has 1 saturated heterocycles. The van der Waals surface area contributed by atoms with Crippen LogP contribution < -0.4 is 0 Å². The highest BCUT2D eigenvalue weighted by molar-refractivity contribution is 9.11. The molecule has 1 aromatic heterocycles. The van der Waals surface area contributed by atoms with E-state index in [1.54, 1.807) is 11.3 Å². The number of ether oxygens (including phenoxy) is 1. The Kier molecular flexibility index (Phi) is 3.94. The molecule has 0 aromatic carbocycles. The Labute approximate surface area is 102 Å². The zero-order chi connectivity index (χ0) is 10.7. The van der Waals surface area contributed by atoms with Crippen molar-refractivity contribution in [3.05, 3.63) is 20.8 Å². The van der Waals surface area contributed by atoms with E-state index >= 15 is 0 Å². The minimum absolute atomic E-state index is 0.125. The van der Waals surface area contributed by atoms with E-state index in [0.717, 1.165) is 28.1 Å². The van der Waals surface area contributed by atoms with E-state index in [-0.39, 0.29) is 5.92 Å². The normalized spacial score (nSPS) is 21.5. The number of hydrogen-bond donors (Lipinski definition) is 0. The van der Waals surface area contributed by atoms with Gasteiger partial charge in [-0.15, -0.1) is 11.3 Å². The molecule has 82 valence electrons. The van der Waals surface area contributed by atoms with Gasteiger partial charge in [-0.2, -0.15) is 0 Å². The second kappa shape index (κ2) is 5.23. The van der Waals surface area contributed by atoms with Gasteiger partial charge in [-0.1, -0.05) is 0 Å². The first kappa shape index (κ1) is 11.3. The lowest BCUT2D eigenvalue weighted by molar-refractivity contribution is -0.126. The number of carbonyl (C=O) groups excluding carboxylic acids is 1. The summed E-state index contributed by atoms with van der Waals surface area (Å²) in [5, 5.41) is 0. The fourth-order valence-corrected chi connectivity index (χ4v) is 3.25. The molecule has 4 heteroatoms. The van der Waals surface area contributed by atoms with E-state index in [4.69, 9.17) is 4.74 Å². The molecular weight excluding hydrogens is 276 g/mol. The second-order valence-corrected chi connectivity index (χ2v) is 6.31. The third-order valence-corrected chi connectivity index (χ3v) is 4.22. The average molecular weight is 289 g/mol. The molecule has 1 aliphatic rings. The van der Waals surface area contributed by atoms with Crippen LogP contribution in [0.1, 0.15) is 17.7 Å². The molecule has 0 N–H and O–H groups in total. The van der Waals surface area contributed by atoms with E-state index < -0.39 is 0 Å². The van der Waals surface area contributed by atoms with Crippen molar-refractivity contribution in [3.8, 4) is 0 Å². The molecule has 0 aliphatic carbocycles. The summed E-state index contributed by atoms with van der Waals surface area (Å²) in [6.07, 6.45) is 2.57. The lowest BCUT2D eigenvalue weighted by Crippen LogP contribution is -2.26. The summed E-state index contributed by atoms with van der Waals surface area (Å²) >= 11 is 5.04. The zero-order valence-corrected chi connectivity index (χ0v) is 10.8. The van der Waals surface area contributed by atoms with Gasteiger partial charge in [0.15, 0.2) is 0 Å². The van der Waals surface area contributed by atoms with Gasteiger partial charge < -0.3 is 4.74 Å². The second-order valence-electron chi connectivity index (χ2n) is 3.76. The van der Waals surface area contributed by atoms with Crippen molar-refractivity contribution >= 4 is 33.0 Å². The first-order valence-corrected chi connectivity index (χ1v) is 6.71. The Bertz CT molecular complexity index is 342. The van der Waals surface area contributed by atoms with Crippen molar-refractivity contribution in [1.82, 2.24) is 0 Å². The van der Waals surface area contributed by atoms with Gasteiger partial charge in [0.25, 0.3) is 0 Å². The summed E-state index contributed by atoms with van der Waals surface area (Å²) in [5.41, 5.74) is 0. The van der Waals surface area contributed by atoms with Crippen LogP contribution in [0.4, 0.5) is 0 Å². The van der Waals surface area contributed by atoms with Crippen molar-refractivity contribution in [1.29, 1.82) is 0 Å². The highest BCUT2D eigenvalue weighted by Gasteiger charge is 2.21. The number of hydrogen-bond acceptors (Lipinski definition) is 3. The number of Topliss-reactive ketones (excluding diaryl/α,β-unsaturated/α-hetero) is 1. The minimum Gasteiger partial charge on any atom is -0.381 e. The van der Waals surface area contributed by atoms with Gasteiger partial charge in [0.05, 0.1) is 10.4 Å². The van der Waals surface area contributed by atoms with E-state index in [1.165, 1.54) is 0 Å². The number of thiophene rings is 1. The monoisotopic (exact) mass is 288 g/mol. The fraction of sp³-hybridized carbons (Fsp3) is 0.545. The first-order valence-electron chi connectivity index (χ1n) is 5.10.